The summed E-state index contributed by atoms with van der Waals surface area (Å²) in [7, 11) is -1.63. The van der Waals surface area contributed by atoms with Gasteiger partial charge in [0.1, 0.15) is 0 Å². The largest absolute Gasteiger partial charge is 0.480 e. The average Bonchev–Trinajstić information content (AvgIpc) is 2.89. The molecule has 0 fully saturated rings. The standard InChI is InChI=1S/C13H14BNO3S/c16-12(9-11-7-4-8-19-11)15-13(14(17)18)10-5-2-1-3-6-10/h1-8,13,17-18H,9H2,(H,15,16). The smallest absolute Gasteiger partial charge is 0.426 e. The number of amides is 1. The SMILES string of the molecule is O=C(Cc1cccs1)NC(B(O)O)c1ccccc1. The summed E-state index contributed by atoms with van der Waals surface area (Å²) in [4.78, 5) is 12.8. The van der Waals surface area contributed by atoms with E-state index in [1.54, 1.807) is 24.3 Å². The predicted octanol–water partition coefficient (Wildman–Crippen LogP) is 1.16. The highest BCUT2D eigenvalue weighted by atomic mass is 32.1. The van der Waals surface area contributed by atoms with E-state index in [9.17, 15) is 14.8 Å². The average molecular weight is 275 g/mol. The van der Waals surface area contributed by atoms with Gasteiger partial charge in [-0.05, 0) is 17.0 Å². The van der Waals surface area contributed by atoms with Crippen molar-refractivity contribution in [1.82, 2.24) is 5.32 Å². The third-order valence-corrected chi connectivity index (χ3v) is 3.56. The second-order valence-electron chi connectivity index (χ2n) is 4.13. The highest BCUT2D eigenvalue weighted by molar-refractivity contribution is 7.10. The molecule has 0 radical (unpaired) electrons. The molecule has 0 aliphatic carbocycles. The van der Waals surface area contributed by atoms with Crippen LogP contribution in [0.1, 0.15) is 16.4 Å². The Bertz CT molecular complexity index is 516. The van der Waals surface area contributed by atoms with Gasteiger partial charge in [0.25, 0.3) is 0 Å². The van der Waals surface area contributed by atoms with Crippen LogP contribution in [0.25, 0.3) is 0 Å². The second-order valence-corrected chi connectivity index (χ2v) is 5.16. The maximum Gasteiger partial charge on any atom is 0.480 e. The molecule has 1 atom stereocenters. The zero-order valence-electron chi connectivity index (χ0n) is 10.2. The first-order valence-corrected chi connectivity index (χ1v) is 6.77. The second kappa shape index (κ2) is 6.52. The molecule has 6 heteroatoms. The lowest BCUT2D eigenvalue weighted by atomic mass is 9.75. The molecule has 1 heterocycles. The van der Waals surface area contributed by atoms with E-state index in [2.05, 4.69) is 5.32 Å². The van der Waals surface area contributed by atoms with Crippen LogP contribution >= 0.6 is 11.3 Å². The summed E-state index contributed by atoms with van der Waals surface area (Å²) in [5.74, 6) is -1.04. The quantitative estimate of drug-likeness (QED) is 0.717. The van der Waals surface area contributed by atoms with Crippen molar-refractivity contribution in [2.24, 2.45) is 0 Å². The molecule has 0 saturated carbocycles. The third-order valence-electron chi connectivity index (χ3n) is 2.69. The molecule has 0 aliphatic rings. The Hall–Kier alpha value is -1.63. The molecule has 1 unspecified atom stereocenters. The van der Waals surface area contributed by atoms with E-state index in [1.807, 2.05) is 23.6 Å². The van der Waals surface area contributed by atoms with E-state index >= 15 is 0 Å². The topological polar surface area (TPSA) is 69.6 Å². The Balaban J connectivity index is 2.03. The number of benzene rings is 1. The lowest BCUT2D eigenvalue weighted by Gasteiger charge is -2.18. The minimum atomic E-state index is -1.63. The van der Waals surface area contributed by atoms with Crippen LogP contribution < -0.4 is 5.32 Å². The van der Waals surface area contributed by atoms with E-state index in [0.29, 0.717) is 5.56 Å². The summed E-state index contributed by atoms with van der Waals surface area (Å²) < 4.78 is 0. The van der Waals surface area contributed by atoms with Crippen LogP contribution in [0.2, 0.25) is 0 Å². The molecule has 0 bridgehead atoms. The number of rotatable bonds is 5. The zero-order chi connectivity index (χ0) is 13.7. The first-order valence-electron chi connectivity index (χ1n) is 5.89. The van der Waals surface area contributed by atoms with Crippen LogP contribution in [0, 0.1) is 0 Å². The monoisotopic (exact) mass is 275 g/mol. The van der Waals surface area contributed by atoms with Crippen molar-refractivity contribution < 1.29 is 14.8 Å². The van der Waals surface area contributed by atoms with Gasteiger partial charge in [-0.25, -0.2) is 0 Å². The molecule has 0 saturated heterocycles. The van der Waals surface area contributed by atoms with Gasteiger partial charge in [0.2, 0.25) is 5.91 Å². The van der Waals surface area contributed by atoms with Gasteiger partial charge in [-0.1, -0.05) is 36.4 Å². The Morgan fingerprint density at radius 2 is 1.95 bits per heavy atom. The van der Waals surface area contributed by atoms with E-state index in [1.165, 1.54) is 11.3 Å². The van der Waals surface area contributed by atoms with E-state index in [0.717, 1.165) is 4.88 Å². The molecule has 1 aromatic heterocycles. The number of nitrogens with one attached hydrogen (secondary N) is 1. The lowest BCUT2D eigenvalue weighted by Crippen LogP contribution is -2.39. The van der Waals surface area contributed by atoms with Gasteiger partial charge >= 0.3 is 7.12 Å². The highest BCUT2D eigenvalue weighted by Crippen LogP contribution is 2.15. The zero-order valence-corrected chi connectivity index (χ0v) is 11.0. The highest BCUT2D eigenvalue weighted by Gasteiger charge is 2.26. The van der Waals surface area contributed by atoms with Crippen molar-refractivity contribution in [3.05, 3.63) is 58.3 Å². The van der Waals surface area contributed by atoms with Crippen molar-refractivity contribution in [3.8, 4) is 0 Å². The molecule has 1 aromatic carbocycles. The van der Waals surface area contributed by atoms with Crippen molar-refractivity contribution in [1.29, 1.82) is 0 Å². The number of hydrogen-bond donors (Lipinski definition) is 3. The van der Waals surface area contributed by atoms with E-state index in [-0.39, 0.29) is 12.3 Å². The number of carbonyl (C=O) groups excluding carboxylic acids is 1. The van der Waals surface area contributed by atoms with Gasteiger partial charge in [0, 0.05) is 4.88 Å². The summed E-state index contributed by atoms with van der Waals surface area (Å²) in [5, 5.41) is 23.3. The molecular weight excluding hydrogens is 261 g/mol. The summed E-state index contributed by atoms with van der Waals surface area (Å²) in [6.07, 6.45) is 0.244. The Kier molecular flexibility index (Phi) is 4.73. The predicted molar refractivity (Wildman–Crippen MR) is 75.5 cm³/mol. The maximum atomic E-state index is 11.9. The molecule has 3 N–H and O–H groups in total. The van der Waals surface area contributed by atoms with E-state index in [4.69, 9.17) is 0 Å². The van der Waals surface area contributed by atoms with Gasteiger partial charge in [0.15, 0.2) is 0 Å². The van der Waals surface area contributed by atoms with Crippen LogP contribution in [0.3, 0.4) is 0 Å². The summed E-state index contributed by atoms with van der Waals surface area (Å²) >= 11 is 1.50. The van der Waals surface area contributed by atoms with Crippen molar-refractivity contribution in [2.75, 3.05) is 0 Å². The van der Waals surface area contributed by atoms with Crippen LogP contribution in [-0.2, 0) is 11.2 Å². The van der Waals surface area contributed by atoms with Crippen LogP contribution in [-0.4, -0.2) is 23.1 Å². The maximum absolute atomic E-state index is 11.9. The number of thiophene rings is 1. The number of hydrogen-bond acceptors (Lipinski definition) is 4. The van der Waals surface area contributed by atoms with Gasteiger partial charge in [0.05, 0.1) is 12.4 Å². The Morgan fingerprint density at radius 1 is 1.21 bits per heavy atom. The van der Waals surface area contributed by atoms with Crippen LogP contribution in [0.5, 0.6) is 0 Å². The lowest BCUT2D eigenvalue weighted by molar-refractivity contribution is -0.120. The van der Waals surface area contributed by atoms with Gasteiger partial charge in [-0.15, -0.1) is 11.3 Å². The Morgan fingerprint density at radius 3 is 2.53 bits per heavy atom. The minimum Gasteiger partial charge on any atom is -0.426 e. The number of carbonyl (C=O) groups is 1. The molecule has 0 spiro atoms. The first-order chi connectivity index (χ1) is 9.16. The Labute approximate surface area is 115 Å². The first kappa shape index (κ1) is 13.8. The fourth-order valence-corrected chi connectivity index (χ4v) is 2.49. The summed E-state index contributed by atoms with van der Waals surface area (Å²) in [6, 6.07) is 12.6. The van der Waals surface area contributed by atoms with E-state index < -0.39 is 13.1 Å². The van der Waals surface area contributed by atoms with Crippen molar-refractivity contribution in [2.45, 2.75) is 12.4 Å². The molecule has 1 amide bonds. The molecule has 19 heavy (non-hydrogen) atoms. The molecule has 98 valence electrons. The third kappa shape index (κ3) is 3.92. The summed E-state index contributed by atoms with van der Waals surface area (Å²) in [6.45, 7) is 0. The molecule has 2 rings (SSSR count). The van der Waals surface area contributed by atoms with Crippen molar-refractivity contribution in [3.63, 3.8) is 0 Å². The molecule has 4 nitrogen and oxygen atoms in total. The van der Waals surface area contributed by atoms with Crippen LogP contribution in [0.4, 0.5) is 0 Å². The molecular formula is C13H14BNO3S. The summed E-state index contributed by atoms with van der Waals surface area (Å²) in [5.41, 5.74) is 0.664. The van der Waals surface area contributed by atoms with Gasteiger partial charge < -0.3 is 15.4 Å². The minimum absolute atomic E-state index is 0.232. The normalized spacial score (nSPS) is 11.9. The van der Waals surface area contributed by atoms with Gasteiger partial charge in [-0.2, -0.15) is 0 Å². The van der Waals surface area contributed by atoms with Crippen molar-refractivity contribution >= 4 is 24.4 Å². The molecule has 0 aliphatic heterocycles. The fourth-order valence-electron chi connectivity index (χ4n) is 1.79. The fraction of sp³-hybridized carbons (Fsp3) is 0.154. The molecule has 2 aromatic rings. The van der Waals surface area contributed by atoms with Gasteiger partial charge in [-0.3, -0.25) is 4.79 Å². The van der Waals surface area contributed by atoms with Crippen LogP contribution in [0.15, 0.2) is 47.8 Å².